The molecule has 76 heavy (non-hydrogen) atoms. The summed E-state index contributed by atoms with van der Waals surface area (Å²) < 4.78 is 0. The molecule has 0 aliphatic heterocycles. The van der Waals surface area contributed by atoms with Crippen LogP contribution >= 0.6 is 0 Å². The van der Waals surface area contributed by atoms with Gasteiger partial charge in [-0.15, -0.1) is 0 Å². The fourth-order valence-electron chi connectivity index (χ4n) is 7.52. The van der Waals surface area contributed by atoms with E-state index >= 15 is 0 Å². The van der Waals surface area contributed by atoms with Gasteiger partial charge in [0.05, 0.1) is 6.04 Å². The third kappa shape index (κ3) is 31.5. The second kappa shape index (κ2) is 38.3. The number of carbonyl (C=O) groups excluding carboxylic acids is 8. The quantitative estimate of drug-likeness (QED) is 0.0155. The van der Waals surface area contributed by atoms with Crippen molar-refractivity contribution in [2.45, 2.75) is 166 Å². The molecule has 0 saturated heterocycles. The van der Waals surface area contributed by atoms with Crippen molar-refractivity contribution in [2.24, 2.45) is 46.2 Å². The Labute approximate surface area is 446 Å². The lowest BCUT2D eigenvalue weighted by molar-refractivity contribution is -0.136. The molecule has 28 N–H and O–H groups in total. The van der Waals surface area contributed by atoms with Gasteiger partial charge in [-0.2, -0.15) is 0 Å². The van der Waals surface area contributed by atoms with Crippen molar-refractivity contribution in [3.63, 3.8) is 0 Å². The first-order chi connectivity index (χ1) is 35.7. The number of primary amides is 1. The van der Waals surface area contributed by atoms with Gasteiger partial charge in [-0.05, 0) is 116 Å². The van der Waals surface area contributed by atoms with Crippen molar-refractivity contribution < 1.29 is 38.4 Å². The zero-order chi connectivity index (χ0) is 57.9. The molecule has 8 atom stereocenters. The molecule has 0 aliphatic rings. The average Bonchev–Trinajstić information content (AvgIpc) is 3.32. The molecule has 30 heteroatoms. The van der Waals surface area contributed by atoms with Crippen LogP contribution in [0.25, 0.3) is 0 Å². The maximum atomic E-state index is 14.5. The van der Waals surface area contributed by atoms with E-state index in [2.05, 4.69) is 63.8 Å². The number of guanidine groups is 4. The monoisotopic (exact) mass is 1080 g/mol. The third-order valence-corrected chi connectivity index (χ3v) is 11.5. The van der Waals surface area contributed by atoms with Crippen molar-refractivity contribution in [2.75, 3.05) is 39.8 Å². The summed E-state index contributed by atoms with van der Waals surface area (Å²) in [6.45, 7) is 9.66. The topological polar surface area (TPSA) is 532 Å². The van der Waals surface area contributed by atoms with Crippen molar-refractivity contribution in [3.05, 3.63) is 0 Å². The molecule has 0 aliphatic carbocycles. The molecule has 8 amide bonds. The van der Waals surface area contributed by atoms with E-state index in [1.807, 2.05) is 27.7 Å². The van der Waals surface area contributed by atoms with Gasteiger partial charge in [0.2, 0.25) is 47.3 Å². The molecular formula is C46H92N22O8. The number of hydrogen-bond donors (Lipinski definition) is 22. The Bertz CT molecular complexity index is 1910. The fourth-order valence-corrected chi connectivity index (χ4v) is 7.52. The Hall–Kier alpha value is -7.24. The summed E-state index contributed by atoms with van der Waals surface area (Å²) in [5.41, 5.74) is 32.9. The Kier molecular flexibility index (Phi) is 34.7. The number of hydrogen-bond acceptors (Lipinski definition) is 14. The van der Waals surface area contributed by atoms with Crippen LogP contribution in [0, 0.1) is 33.5 Å². The zero-order valence-electron chi connectivity index (χ0n) is 45.2. The van der Waals surface area contributed by atoms with Gasteiger partial charge in [-0.1, -0.05) is 27.7 Å². The van der Waals surface area contributed by atoms with E-state index < -0.39 is 95.6 Å². The Morgan fingerprint density at radius 3 is 0.882 bits per heavy atom. The maximum absolute atomic E-state index is 14.5. The summed E-state index contributed by atoms with van der Waals surface area (Å²) in [7, 11) is 1.58. The molecule has 0 unspecified atom stereocenters. The molecule has 0 rings (SSSR count). The molecule has 0 heterocycles. The van der Waals surface area contributed by atoms with Crippen LogP contribution in [0.2, 0.25) is 0 Å². The normalized spacial score (nSPS) is 14.1. The molecule has 0 bridgehead atoms. The maximum Gasteiger partial charge on any atom is 0.243 e. The summed E-state index contributed by atoms with van der Waals surface area (Å²) in [4.78, 5) is 110. The van der Waals surface area contributed by atoms with Crippen LogP contribution < -0.4 is 98.2 Å². The molecule has 0 spiro atoms. The highest BCUT2D eigenvalue weighted by atomic mass is 16.2. The van der Waals surface area contributed by atoms with Crippen molar-refractivity contribution in [1.82, 2.24) is 63.8 Å². The van der Waals surface area contributed by atoms with Crippen LogP contribution in [0.3, 0.4) is 0 Å². The lowest BCUT2D eigenvalue weighted by Gasteiger charge is -2.29. The number of nitrogens with one attached hydrogen (secondary N) is 16. The number of unbranched alkanes of at least 4 members (excludes halogenated alkanes) is 1. The van der Waals surface area contributed by atoms with Crippen LogP contribution in [-0.2, 0) is 38.4 Å². The van der Waals surface area contributed by atoms with E-state index in [0.717, 1.165) is 0 Å². The molecule has 0 saturated carbocycles. The zero-order valence-corrected chi connectivity index (χ0v) is 45.2. The second-order valence-electron chi connectivity index (χ2n) is 19.3. The molecule has 0 fully saturated rings. The highest BCUT2D eigenvalue weighted by molar-refractivity contribution is 5.97. The van der Waals surface area contributed by atoms with Gasteiger partial charge >= 0.3 is 0 Å². The van der Waals surface area contributed by atoms with E-state index in [-0.39, 0.29) is 113 Å². The number of rotatable bonds is 40. The summed E-state index contributed by atoms with van der Waals surface area (Å²) in [6.07, 6.45) is 2.50. The third-order valence-electron chi connectivity index (χ3n) is 11.5. The first kappa shape index (κ1) is 68.8. The van der Waals surface area contributed by atoms with Gasteiger partial charge in [0.1, 0.15) is 42.3 Å². The minimum atomic E-state index is -1.39. The molecule has 0 aromatic rings. The minimum absolute atomic E-state index is 0.0405. The highest BCUT2D eigenvalue weighted by Crippen LogP contribution is 2.12. The van der Waals surface area contributed by atoms with Gasteiger partial charge in [0, 0.05) is 26.2 Å². The predicted molar refractivity (Wildman–Crippen MR) is 290 cm³/mol. The molecule has 0 aromatic carbocycles. The Morgan fingerprint density at radius 2 is 0.618 bits per heavy atom. The van der Waals surface area contributed by atoms with Crippen LogP contribution in [0.1, 0.15) is 118 Å². The predicted octanol–water partition coefficient (Wildman–Crippen LogP) is -5.25. The SMILES string of the molecule is CN[C@@H](CCCNC(=N)N)C(=O)N[C@@H](CCCCN)C(=O)N[C@@H](CCCNC(=N)N)C(=O)N[C@@H](CCCNC(=N)N)C(=O)N[C@@H](CCCNC(=N)N)C(=O)N[C@@H](CC(C)C)C(=O)N[C@@H](CC(C)C)C(=O)N[C@@H](C)C(N)=O. The number of carbonyl (C=O) groups is 8. The summed E-state index contributed by atoms with van der Waals surface area (Å²) in [6, 6.07) is -9.31. The minimum Gasteiger partial charge on any atom is -0.370 e. The second-order valence-corrected chi connectivity index (χ2v) is 19.3. The van der Waals surface area contributed by atoms with Gasteiger partial charge in [0.15, 0.2) is 23.8 Å². The van der Waals surface area contributed by atoms with Gasteiger partial charge in [-0.25, -0.2) is 0 Å². The van der Waals surface area contributed by atoms with Crippen molar-refractivity contribution >= 4 is 71.1 Å². The fraction of sp³-hybridized carbons (Fsp3) is 0.739. The van der Waals surface area contributed by atoms with Gasteiger partial charge in [0.25, 0.3) is 0 Å². The van der Waals surface area contributed by atoms with E-state index in [0.29, 0.717) is 38.8 Å². The Morgan fingerprint density at radius 1 is 0.368 bits per heavy atom. The first-order valence-corrected chi connectivity index (χ1v) is 25.8. The van der Waals surface area contributed by atoms with Crippen LogP contribution in [0.4, 0.5) is 0 Å². The van der Waals surface area contributed by atoms with E-state index in [1.54, 1.807) is 7.05 Å². The largest absolute Gasteiger partial charge is 0.370 e. The van der Waals surface area contributed by atoms with Crippen LogP contribution in [0.5, 0.6) is 0 Å². The standard InChI is InChI=1S/C46H92N22O8/c1-25(2)23-33(41(75)62-27(5)35(48)69)68-42(76)34(24-26(3)4)67-40(74)32(17-12-22-61-46(55)56)66-39(73)31(16-11-21-60-45(53)54)65-38(72)30(15-10-20-59-44(51)52)64-37(71)29(13-7-8-18-47)63-36(70)28(57-6)14-9-19-58-43(49)50/h25-34,57H,7-24,47H2,1-6H3,(H2,48,69)(H,62,75)(H,63,70)(H,64,71)(H,65,72)(H,66,73)(H,67,74)(H,68,76)(H4,49,50,58)(H4,51,52,59)(H4,53,54,60)(H4,55,56,61)/t27-,28-,29-,30-,31-,32-,33-,34-/m0/s1. The number of nitrogens with two attached hydrogens (primary N) is 6. The smallest absolute Gasteiger partial charge is 0.243 e. The number of amides is 8. The van der Waals surface area contributed by atoms with Gasteiger partial charge < -0.3 is 98.2 Å². The molecular weight excluding hydrogens is 989 g/mol. The van der Waals surface area contributed by atoms with E-state index in [4.69, 9.17) is 56.0 Å². The highest BCUT2D eigenvalue weighted by Gasteiger charge is 2.34. The van der Waals surface area contributed by atoms with Crippen LogP contribution in [0.15, 0.2) is 0 Å². The average molecular weight is 1080 g/mol. The van der Waals surface area contributed by atoms with E-state index in [9.17, 15) is 38.4 Å². The lowest BCUT2D eigenvalue weighted by atomic mass is 9.99. The van der Waals surface area contributed by atoms with Crippen LogP contribution in [-0.4, -0.2) is 159 Å². The first-order valence-electron chi connectivity index (χ1n) is 25.8. The Balaban J connectivity index is 7.05. The molecule has 0 radical (unpaired) electrons. The summed E-state index contributed by atoms with van der Waals surface area (Å²) in [5.74, 6) is -7.33. The number of likely N-dealkylation sites (N-methyl/N-ethyl adjacent to an activating group) is 1. The summed E-state index contributed by atoms with van der Waals surface area (Å²) in [5, 5.41) is 62.5. The van der Waals surface area contributed by atoms with Crippen molar-refractivity contribution in [3.8, 4) is 0 Å². The van der Waals surface area contributed by atoms with E-state index in [1.165, 1.54) is 6.92 Å². The summed E-state index contributed by atoms with van der Waals surface area (Å²) >= 11 is 0. The molecule has 434 valence electrons. The van der Waals surface area contributed by atoms with Gasteiger partial charge in [-0.3, -0.25) is 60.0 Å². The molecule has 0 aromatic heterocycles. The lowest BCUT2D eigenvalue weighted by Crippen LogP contribution is -2.60. The molecule has 30 nitrogen and oxygen atoms in total. The van der Waals surface area contributed by atoms with Crippen molar-refractivity contribution in [1.29, 1.82) is 21.6 Å².